The fourth-order valence-electron chi connectivity index (χ4n) is 2.47. The van der Waals surface area contributed by atoms with Crippen LogP contribution < -0.4 is 5.32 Å². The lowest BCUT2D eigenvalue weighted by Gasteiger charge is -2.24. The SMILES string of the molecule is CNC1C(=O)N(Cc2ccncc2)CCc2ncsc21. The Hall–Kier alpha value is -1.79. The molecule has 6 heteroatoms. The second-order valence-electron chi connectivity index (χ2n) is 4.75. The molecular formula is C14H16N4OS. The van der Waals surface area contributed by atoms with Gasteiger partial charge in [-0.1, -0.05) is 0 Å². The van der Waals surface area contributed by atoms with Gasteiger partial charge in [-0.25, -0.2) is 4.98 Å². The number of carbonyl (C=O) groups is 1. The number of carbonyl (C=O) groups excluding carboxylic acids is 1. The minimum absolute atomic E-state index is 0.118. The normalized spacial score (nSPS) is 18.8. The van der Waals surface area contributed by atoms with Crippen molar-refractivity contribution in [3.05, 3.63) is 46.2 Å². The van der Waals surface area contributed by atoms with Crippen molar-refractivity contribution < 1.29 is 4.79 Å². The Morgan fingerprint density at radius 3 is 3.00 bits per heavy atom. The Balaban J connectivity index is 1.84. The topological polar surface area (TPSA) is 58.1 Å². The monoisotopic (exact) mass is 288 g/mol. The van der Waals surface area contributed by atoms with E-state index in [0.717, 1.165) is 22.6 Å². The summed E-state index contributed by atoms with van der Waals surface area (Å²) < 4.78 is 0. The van der Waals surface area contributed by atoms with Gasteiger partial charge >= 0.3 is 0 Å². The second-order valence-corrected chi connectivity index (χ2v) is 5.64. The van der Waals surface area contributed by atoms with Gasteiger partial charge in [0.2, 0.25) is 5.91 Å². The molecule has 0 radical (unpaired) electrons. The van der Waals surface area contributed by atoms with E-state index in [9.17, 15) is 4.79 Å². The first-order valence-electron chi connectivity index (χ1n) is 6.57. The maximum Gasteiger partial charge on any atom is 0.245 e. The predicted octanol–water partition coefficient (Wildman–Crippen LogP) is 1.38. The smallest absolute Gasteiger partial charge is 0.245 e. The molecule has 0 bridgehead atoms. The quantitative estimate of drug-likeness (QED) is 0.927. The largest absolute Gasteiger partial charge is 0.336 e. The minimum atomic E-state index is -0.276. The van der Waals surface area contributed by atoms with Gasteiger partial charge < -0.3 is 10.2 Å². The van der Waals surface area contributed by atoms with E-state index in [-0.39, 0.29) is 11.9 Å². The average Bonchev–Trinajstić information content (AvgIpc) is 2.89. The molecule has 3 heterocycles. The van der Waals surface area contributed by atoms with Crippen LogP contribution in [0.2, 0.25) is 0 Å². The molecule has 1 amide bonds. The standard InChI is InChI=1S/C14H16N4OS/c1-15-12-13-11(17-9-20-13)4-7-18(14(12)19)8-10-2-5-16-6-3-10/h2-3,5-6,9,12,15H,4,7-8H2,1H3. The van der Waals surface area contributed by atoms with Gasteiger partial charge in [-0.3, -0.25) is 9.78 Å². The third-order valence-corrected chi connectivity index (χ3v) is 4.46. The molecule has 2 aromatic heterocycles. The molecule has 0 saturated carbocycles. The second kappa shape index (κ2) is 5.68. The highest BCUT2D eigenvalue weighted by Crippen LogP contribution is 2.28. The first-order chi connectivity index (χ1) is 9.79. The summed E-state index contributed by atoms with van der Waals surface area (Å²) in [7, 11) is 1.82. The number of likely N-dealkylation sites (N-methyl/N-ethyl adjacent to an activating group) is 1. The lowest BCUT2D eigenvalue weighted by molar-refractivity contribution is -0.133. The van der Waals surface area contributed by atoms with Gasteiger partial charge in [-0.2, -0.15) is 0 Å². The van der Waals surface area contributed by atoms with Gasteiger partial charge in [0.1, 0.15) is 6.04 Å². The van der Waals surface area contributed by atoms with Crippen LogP contribution in [-0.4, -0.2) is 34.4 Å². The Kier molecular flexibility index (Phi) is 3.75. The van der Waals surface area contributed by atoms with Crippen molar-refractivity contribution >= 4 is 17.2 Å². The van der Waals surface area contributed by atoms with Gasteiger partial charge in [0.05, 0.1) is 16.1 Å². The molecule has 5 nitrogen and oxygen atoms in total. The average molecular weight is 288 g/mol. The Morgan fingerprint density at radius 1 is 1.45 bits per heavy atom. The maximum atomic E-state index is 12.7. The van der Waals surface area contributed by atoms with Gasteiger partial charge in [-0.15, -0.1) is 11.3 Å². The van der Waals surface area contributed by atoms with Crippen molar-refractivity contribution in [1.82, 2.24) is 20.2 Å². The van der Waals surface area contributed by atoms with E-state index in [1.54, 1.807) is 23.7 Å². The van der Waals surface area contributed by atoms with Gasteiger partial charge in [-0.05, 0) is 24.7 Å². The summed E-state index contributed by atoms with van der Waals surface area (Å²) in [6.07, 6.45) is 4.32. The van der Waals surface area contributed by atoms with Crippen LogP contribution >= 0.6 is 11.3 Å². The fraction of sp³-hybridized carbons (Fsp3) is 0.357. The molecule has 3 rings (SSSR count). The zero-order valence-electron chi connectivity index (χ0n) is 11.2. The predicted molar refractivity (Wildman–Crippen MR) is 77.3 cm³/mol. The van der Waals surface area contributed by atoms with Crippen LogP contribution in [0.25, 0.3) is 0 Å². The van der Waals surface area contributed by atoms with E-state index in [4.69, 9.17) is 0 Å². The van der Waals surface area contributed by atoms with E-state index in [0.29, 0.717) is 13.1 Å². The first-order valence-corrected chi connectivity index (χ1v) is 7.45. The van der Waals surface area contributed by atoms with Crippen LogP contribution in [0.1, 0.15) is 22.2 Å². The zero-order chi connectivity index (χ0) is 13.9. The molecule has 20 heavy (non-hydrogen) atoms. The third-order valence-electron chi connectivity index (χ3n) is 3.52. The molecule has 1 unspecified atom stereocenters. The van der Waals surface area contributed by atoms with E-state index >= 15 is 0 Å². The van der Waals surface area contributed by atoms with Crippen molar-refractivity contribution in [2.24, 2.45) is 0 Å². The summed E-state index contributed by atoms with van der Waals surface area (Å²) in [6, 6.07) is 3.61. The maximum absolute atomic E-state index is 12.7. The van der Waals surface area contributed by atoms with Gasteiger partial charge in [0.15, 0.2) is 0 Å². The third kappa shape index (κ3) is 2.44. The highest BCUT2D eigenvalue weighted by molar-refractivity contribution is 7.10. The van der Waals surface area contributed by atoms with Crippen molar-refractivity contribution in [1.29, 1.82) is 0 Å². The minimum Gasteiger partial charge on any atom is -0.336 e. The molecule has 2 aromatic rings. The molecule has 0 spiro atoms. The highest BCUT2D eigenvalue weighted by atomic mass is 32.1. The number of pyridine rings is 1. The van der Waals surface area contributed by atoms with Crippen LogP contribution in [0.15, 0.2) is 30.0 Å². The van der Waals surface area contributed by atoms with Gasteiger partial charge in [0.25, 0.3) is 0 Å². The molecule has 1 atom stereocenters. The number of nitrogens with zero attached hydrogens (tertiary/aromatic N) is 3. The number of nitrogens with one attached hydrogen (secondary N) is 1. The number of hydrogen-bond acceptors (Lipinski definition) is 5. The molecule has 104 valence electrons. The number of hydrogen-bond donors (Lipinski definition) is 1. The summed E-state index contributed by atoms with van der Waals surface area (Å²) in [4.78, 5) is 24.0. The van der Waals surface area contributed by atoms with Crippen molar-refractivity contribution in [2.75, 3.05) is 13.6 Å². The van der Waals surface area contributed by atoms with Crippen LogP contribution in [0.5, 0.6) is 0 Å². The van der Waals surface area contributed by atoms with Crippen LogP contribution in [0.4, 0.5) is 0 Å². The highest BCUT2D eigenvalue weighted by Gasteiger charge is 2.31. The summed E-state index contributed by atoms with van der Waals surface area (Å²) in [6.45, 7) is 1.32. The summed E-state index contributed by atoms with van der Waals surface area (Å²) >= 11 is 1.55. The molecule has 0 saturated heterocycles. The molecule has 1 aliphatic rings. The summed E-state index contributed by atoms with van der Waals surface area (Å²) in [5, 5.41) is 3.12. The Bertz CT molecular complexity index is 598. The fourth-order valence-corrected chi connectivity index (χ4v) is 3.41. The summed E-state index contributed by atoms with van der Waals surface area (Å²) in [5.41, 5.74) is 3.96. The first kappa shape index (κ1) is 13.2. The van der Waals surface area contributed by atoms with E-state index < -0.39 is 0 Å². The number of fused-ring (bicyclic) bond motifs is 1. The number of thiazole rings is 1. The molecule has 0 aliphatic carbocycles. The van der Waals surface area contributed by atoms with E-state index in [1.807, 2.05) is 29.6 Å². The van der Waals surface area contributed by atoms with E-state index in [1.165, 1.54) is 0 Å². The molecule has 1 aliphatic heterocycles. The molecule has 0 aromatic carbocycles. The lowest BCUT2D eigenvalue weighted by atomic mass is 10.2. The summed E-state index contributed by atoms with van der Waals surface area (Å²) in [5.74, 6) is 0.118. The number of aromatic nitrogens is 2. The number of amides is 1. The Morgan fingerprint density at radius 2 is 2.25 bits per heavy atom. The van der Waals surface area contributed by atoms with Crippen molar-refractivity contribution in [3.63, 3.8) is 0 Å². The van der Waals surface area contributed by atoms with Crippen molar-refractivity contribution in [2.45, 2.75) is 19.0 Å². The molecule has 0 fully saturated rings. The van der Waals surface area contributed by atoms with Crippen LogP contribution in [-0.2, 0) is 17.8 Å². The van der Waals surface area contributed by atoms with Gasteiger partial charge in [0, 0.05) is 31.9 Å². The van der Waals surface area contributed by atoms with Crippen molar-refractivity contribution in [3.8, 4) is 0 Å². The van der Waals surface area contributed by atoms with E-state index in [2.05, 4.69) is 15.3 Å². The number of rotatable bonds is 3. The lowest BCUT2D eigenvalue weighted by Crippen LogP contribution is -2.38. The zero-order valence-corrected chi connectivity index (χ0v) is 12.1. The molecule has 1 N–H and O–H groups in total. The Labute approximate surface area is 121 Å². The molecular weight excluding hydrogens is 272 g/mol. The van der Waals surface area contributed by atoms with Crippen LogP contribution in [0, 0.1) is 0 Å². The van der Waals surface area contributed by atoms with Crippen LogP contribution in [0.3, 0.4) is 0 Å².